The first-order valence-electron chi connectivity index (χ1n) is 6.23. The number of hydrogen-bond donors (Lipinski definition) is 1. The lowest BCUT2D eigenvalue weighted by Crippen LogP contribution is -2.41. The zero-order valence-corrected chi connectivity index (χ0v) is 12.4. The Kier molecular flexibility index (Phi) is 4.19. The van der Waals surface area contributed by atoms with Crippen LogP contribution in [0.3, 0.4) is 0 Å². The highest BCUT2D eigenvalue weighted by Crippen LogP contribution is 2.11. The molecule has 20 heavy (non-hydrogen) atoms. The quantitative estimate of drug-likeness (QED) is 0.811. The summed E-state index contributed by atoms with van der Waals surface area (Å²) in [5.74, 6) is 0.104. The van der Waals surface area contributed by atoms with Gasteiger partial charge in [0.2, 0.25) is 10.0 Å². The first-order chi connectivity index (χ1) is 9.38. The van der Waals surface area contributed by atoms with Gasteiger partial charge in [0, 0.05) is 19.3 Å². The fraction of sp³-hybridized carbons (Fsp3) is 0.545. The van der Waals surface area contributed by atoms with Gasteiger partial charge >= 0.3 is 0 Å². The molecule has 0 bridgehead atoms. The largest absolute Gasteiger partial charge is 0.274 e. The van der Waals surface area contributed by atoms with E-state index >= 15 is 0 Å². The van der Waals surface area contributed by atoms with Gasteiger partial charge in [-0.1, -0.05) is 13.8 Å². The van der Waals surface area contributed by atoms with Gasteiger partial charge in [0.1, 0.15) is 4.90 Å². The Labute approximate surface area is 117 Å². The van der Waals surface area contributed by atoms with Crippen molar-refractivity contribution in [1.82, 2.24) is 29.5 Å². The molecule has 8 nitrogen and oxygen atoms in total. The first kappa shape index (κ1) is 14.7. The molecule has 1 N–H and O–H groups in total. The van der Waals surface area contributed by atoms with Crippen molar-refractivity contribution in [1.29, 1.82) is 0 Å². The number of nitrogens with zero attached hydrogens (tertiary/aromatic N) is 5. The predicted octanol–water partition coefficient (Wildman–Crippen LogP) is 0.0147. The number of aromatic nitrogens is 5. The molecule has 0 aliphatic rings. The number of aryl methyl sites for hydroxylation is 1. The Morgan fingerprint density at radius 2 is 1.90 bits per heavy atom. The number of hydrogen-bond acceptors (Lipinski definition) is 5. The summed E-state index contributed by atoms with van der Waals surface area (Å²) in [4.78, 5) is 1.62. The SMILES string of the molecule is CC(C)[C@H](Cn1nccn1)NS(=O)(=O)c1cnn(C)c1. The third kappa shape index (κ3) is 3.42. The van der Waals surface area contributed by atoms with Crippen molar-refractivity contribution < 1.29 is 8.42 Å². The van der Waals surface area contributed by atoms with E-state index in [-0.39, 0.29) is 16.9 Å². The Balaban J connectivity index is 2.15. The average molecular weight is 298 g/mol. The van der Waals surface area contributed by atoms with E-state index in [1.807, 2.05) is 13.8 Å². The molecule has 2 aromatic rings. The molecule has 1 atom stereocenters. The minimum atomic E-state index is -3.59. The van der Waals surface area contributed by atoms with Crippen LogP contribution in [-0.4, -0.2) is 39.2 Å². The lowest BCUT2D eigenvalue weighted by atomic mass is 10.1. The summed E-state index contributed by atoms with van der Waals surface area (Å²) in [6, 6.07) is -0.299. The maximum Gasteiger partial charge on any atom is 0.244 e. The van der Waals surface area contributed by atoms with Crippen LogP contribution in [-0.2, 0) is 23.6 Å². The zero-order chi connectivity index (χ0) is 14.8. The van der Waals surface area contributed by atoms with Crippen LogP contribution in [0.5, 0.6) is 0 Å². The van der Waals surface area contributed by atoms with Gasteiger partial charge in [0.25, 0.3) is 0 Å². The maximum atomic E-state index is 12.3. The lowest BCUT2D eigenvalue weighted by Gasteiger charge is -2.21. The van der Waals surface area contributed by atoms with Crippen LogP contribution in [0.25, 0.3) is 0 Å². The second kappa shape index (κ2) is 5.71. The van der Waals surface area contributed by atoms with Gasteiger partial charge in [-0.25, -0.2) is 13.1 Å². The summed E-state index contributed by atoms with van der Waals surface area (Å²) in [6.45, 7) is 4.27. The molecule has 9 heteroatoms. The van der Waals surface area contributed by atoms with Gasteiger partial charge in [-0.05, 0) is 5.92 Å². The van der Waals surface area contributed by atoms with E-state index in [1.54, 1.807) is 19.4 Å². The molecule has 2 aromatic heterocycles. The monoisotopic (exact) mass is 298 g/mol. The molecular weight excluding hydrogens is 280 g/mol. The van der Waals surface area contributed by atoms with Gasteiger partial charge in [0.15, 0.2) is 0 Å². The predicted molar refractivity (Wildman–Crippen MR) is 72.2 cm³/mol. The molecule has 0 saturated carbocycles. The topological polar surface area (TPSA) is 94.7 Å². The van der Waals surface area contributed by atoms with Gasteiger partial charge in [-0.2, -0.15) is 20.1 Å². The van der Waals surface area contributed by atoms with Crippen molar-refractivity contribution in [2.24, 2.45) is 13.0 Å². The summed E-state index contributed by atoms with van der Waals surface area (Å²) in [5.41, 5.74) is 0. The second-order valence-electron chi connectivity index (χ2n) is 4.91. The van der Waals surface area contributed by atoms with Crippen LogP contribution in [0, 0.1) is 5.92 Å². The molecule has 2 rings (SSSR count). The van der Waals surface area contributed by atoms with E-state index in [0.717, 1.165) is 0 Å². The lowest BCUT2D eigenvalue weighted by molar-refractivity contribution is 0.361. The molecule has 0 unspecified atom stereocenters. The van der Waals surface area contributed by atoms with E-state index < -0.39 is 10.0 Å². The normalized spacial score (nSPS) is 13.8. The molecule has 0 aromatic carbocycles. The van der Waals surface area contributed by atoms with Crippen molar-refractivity contribution in [3.8, 4) is 0 Å². The van der Waals surface area contributed by atoms with Gasteiger partial charge in [0.05, 0.1) is 25.1 Å². The highest BCUT2D eigenvalue weighted by molar-refractivity contribution is 7.89. The zero-order valence-electron chi connectivity index (χ0n) is 11.6. The van der Waals surface area contributed by atoms with Crippen molar-refractivity contribution in [3.63, 3.8) is 0 Å². The molecule has 2 heterocycles. The third-order valence-electron chi connectivity index (χ3n) is 2.93. The van der Waals surface area contributed by atoms with Gasteiger partial charge in [-0.15, -0.1) is 0 Å². The van der Waals surface area contributed by atoms with Gasteiger partial charge in [-0.3, -0.25) is 4.68 Å². The van der Waals surface area contributed by atoms with Crippen LogP contribution in [0.1, 0.15) is 13.8 Å². The van der Waals surface area contributed by atoms with E-state index in [2.05, 4.69) is 20.0 Å². The highest BCUT2D eigenvalue weighted by Gasteiger charge is 2.24. The third-order valence-corrected chi connectivity index (χ3v) is 4.37. The molecule has 0 amide bonds. The Morgan fingerprint density at radius 1 is 1.25 bits per heavy atom. The minimum absolute atomic E-state index is 0.104. The fourth-order valence-electron chi connectivity index (χ4n) is 1.70. The van der Waals surface area contributed by atoms with Crippen molar-refractivity contribution >= 4 is 10.0 Å². The van der Waals surface area contributed by atoms with E-state index in [9.17, 15) is 8.42 Å². The fourth-order valence-corrected chi connectivity index (χ4v) is 3.06. The van der Waals surface area contributed by atoms with Crippen molar-refractivity contribution in [2.75, 3.05) is 0 Å². The smallest absolute Gasteiger partial charge is 0.244 e. The number of nitrogens with one attached hydrogen (secondary N) is 1. The summed E-state index contributed by atoms with van der Waals surface area (Å²) >= 11 is 0. The first-order valence-corrected chi connectivity index (χ1v) is 7.72. The molecule has 110 valence electrons. The van der Waals surface area contributed by atoms with E-state index in [0.29, 0.717) is 6.54 Å². The van der Waals surface area contributed by atoms with Crippen molar-refractivity contribution in [2.45, 2.75) is 31.3 Å². The van der Waals surface area contributed by atoms with Crippen molar-refractivity contribution in [3.05, 3.63) is 24.8 Å². The summed E-state index contributed by atoms with van der Waals surface area (Å²) < 4.78 is 28.7. The molecular formula is C11H18N6O2S. The number of sulfonamides is 1. The molecule has 0 aliphatic carbocycles. The van der Waals surface area contributed by atoms with Crippen LogP contribution in [0.2, 0.25) is 0 Å². The molecule has 0 aliphatic heterocycles. The van der Waals surface area contributed by atoms with Crippen LogP contribution in [0.15, 0.2) is 29.7 Å². The minimum Gasteiger partial charge on any atom is -0.274 e. The standard InChI is InChI=1S/C11H18N6O2S/c1-9(2)11(8-17-12-4-5-13-17)15-20(18,19)10-6-14-16(3)7-10/h4-7,9,11,15H,8H2,1-3H3/t11-/m0/s1. The summed E-state index contributed by atoms with van der Waals surface area (Å²) in [5, 5.41) is 11.9. The molecule has 0 radical (unpaired) electrons. The Morgan fingerprint density at radius 3 is 2.40 bits per heavy atom. The van der Waals surface area contributed by atoms with Gasteiger partial charge < -0.3 is 0 Å². The van der Waals surface area contributed by atoms with E-state index in [4.69, 9.17) is 0 Å². The maximum absolute atomic E-state index is 12.3. The summed E-state index contributed by atoms with van der Waals surface area (Å²) in [7, 11) is -1.92. The van der Waals surface area contributed by atoms with E-state index in [1.165, 1.54) is 21.9 Å². The van der Waals surface area contributed by atoms with Crippen LogP contribution >= 0.6 is 0 Å². The Hall–Kier alpha value is -1.74. The second-order valence-corrected chi connectivity index (χ2v) is 6.62. The number of rotatable bonds is 6. The highest BCUT2D eigenvalue weighted by atomic mass is 32.2. The average Bonchev–Trinajstić information content (AvgIpc) is 2.99. The molecule has 0 spiro atoms. The molecule has 0 saturated heterocycles. The summed E-state index contributed by atoms with van der Waals surface area (Å²) in [6.07, 6.45) is 5.91. The Bertz CT molecular complexity index is 646. The van der Waals surface area contributed by atoms with Crippen LogP contribution in [0.4, 0.5) is 0 Å². The van der Waals surface area contributed by atoms with Crippen LogP contribution < -0.4 is 4.72 Å². The molecule has 0 fully saturated rings.